The summed E-state index contributed by atoms with van der Waals surface area (Å²) in [6, 6.07) is 0. The van der Waals surface area contributed by atoms with Crippen molar-refractivity contribution < 1.29 is 14.4 Å². The third kappa shape index (κ3) is 1.79. The zero-order valence-corrected chi connectivity index (χ0v) is 11.0. The van der Waals surface area contributed by atoms with Crippen LogP contribution in [-0.4, -0.2) is 35.7 Å². The number of rotatable bonds is 3. The van der Waals surface area contributed by atoms with E-state index in [0.717, 1.165) is 12.8 Å². The number of hydrogen-bond acceptors (Lipinski definition) is 3. The molecule has 0 unspecified atom stereocenters. The van der Waals surface area contributed by atoms with Crippen LogP contribution in [0.25, 0.3) is 0 Å². The van der Waals surface area contributed by atoms with Crippen LogP contribution in [0, 0.1) is 23.7 Å². The van der Waals surface area contributed by atoms with Gasteiger partial charge in [0.15, 0.2) is 0 Å². The van der Waals surface area contributed by atoms with E-state index in [1.807, 2.05) is 6.92 Å². The molecule has 1 N–H and O–H groups in total. The van der Waals surface area contributed by atoms with Crippen LogP contribution in [0.1, 0.15) is 19.8 Å². The van der Waals surface area contributed by atoms with Crippen molar-refractivity contribution in [3.8, 4) is 0 Å². The predicted octanol–water partition coefficient (Wildman–Crippen LogP) is 0.320. The van der Waals surface area contributed by atoms with Gasteiger partial charge in [-0.15, -0.1) is 0 Å². The van der Waals surface area contributed by atoms with Crippen molar-refractivity contribution in [3.05, 3.63) is 12.2 Å². The molecule has 4 rings (SSSR count). The predicted molar refractivity (Wildman–Crippen MR) is 67.7 cm³/mol. The van der Waals surface area contributed by atoms with Crippen LogP contribution in [0.2, 0.25) is 0 Å². The van der Waals surface area contributed by atoms with Crippen LogP contribution in [0.5, 0.6) is 0 Å². The number of allylic oxidation sites excluding steroid dienone is 2. The van der Waals surface area contributed by atoms with Crippen molar-refractivity contribution in [3.63, 3.8) is 0 Å². The Morgan fingerprint density at radius 3 is 2.16 bits per heavy atom. The maximum Gasteiger partial charge on any atom is 0.240 e. The third-order valence-electron chi connectivity index (χ3n) is 4.53. The monoisotopic (exact) mass is 262 g/mol. The quantitative estimate of drug-likeness (QED) is 0.588. The molecule has 0 aromatic carbocycles. The third-order valence-corrected chi connectivity index (χ3v) is 4.53. The summed E-state index contributed by atoms with van der Waals surface area (Å²) in [6.45, 7) is 2.20. The van der Waals surface area contributed by atoms with E-state index < -0.39 is 0 Å². The number of nitrogens with zero attached hydrogens (tertiary/aromatic N) is 1. The summed E-state index contributed by atoms with van der Waals surface area (Å²) in [7, 11) is 0. The Morgan fingerprint density at radius 2 is 1.74 bits per heavy atom. The van der Waals surface area contributed by atoms with Crippen molar-refractivity contribution in [2.75, 3.05) is 13.1 Å². The molecule has 0 spiro atoms. The Morgan fingerprint density at radius 1 is 1.21 bits per heavy atom. The van der Waals surface area contributed by atoms with Gasteiger partial charge in [0.05, 0.1) is 11.8 Å². The highest BCUT2D eigenvalue weighted by atomic mass is 16.2. The van der Waals surface area contributed by atoms with Gasteiger partial charge in [-0.2, -0.15) is 0 Å². The fourth-order valence-electron chi connectivity index (χ4n) is 3.69. The molecule has 1 aliphatic heterocycles. The van der Waals surface area contributed by atoms with E-state index in [4.69, 9.17) is 0 Å². The summed E-state index contributed by atoms with van der Waals surface area (Å²) in [4.78, 5) is 37.5. The van der Waals surface area contributed by atoms with E-state index in [1.165, 1.54) is 4.90 Å². The van der Waals surface area contributed by atoms with Gasteiger partial charge in [-0.05, 0) is 31.6 Å². The SMILES string of the molecule is CCNC(=O)CN1C(=O)[C@H]2[C@H](C1=O)[C@H]1C=C[C@H]2CC1. The first-order valence-electron chi connectivity index (χ1n) is 6.93. The van der Waals surface area contributed by atoms with Gasteiger partial charge >= 0.3 is 0 Å². The maximum atomic E-state index is 12.4. The molecular weight excluding hydrogens is 244 g/mol. The van der Waals surface area contributed by atoms with E-state index in [9.17, 15) is 14.4 Å². The molecule has 0 aromatic rings. The van der Waals surface area contributed by atoms with E-state index >= 15 is 0 Å². The van der Waals surface area contributed by atoms with E-state index in [0.29, 0.717) is 6.54 Å². The number of carbonyl (C=O) groups is 3. The van der Waals surface area contributed by atoms with Gasteiger partial charge in [-0.1, -0.05) is 12.2 Å². The summed E-state index contributed by atoms with van der Waals surface area (Å²) in [5.74, 6) is -0.628. The van der Waals surface area contributed by atoms with E-state index in [-0.39, 0.29) is 47.9 Å². The number of carbonyl (C=O) groups excluding carboxylic acids is 3. The van der Waals surface area contributed by atoms with Crippen molar-refractivity contribution in [1.82, 2.24) is 10.2 Å². The molecule has 1 heterocycles. The minimum Gasteiger partial charge on any atom is -0.355 e. The normalized spacial score (nSPS) is 35.7. The lowest BCUT2D eigenvalue weighted by Crippen LogP contribution is -2.41. The van der Waals surface area contributed by atoms with Crippen LogP contribution in [-0.2, 0) is 14.4 Å². The number of hydrogen-bond donors (Lipinski definition) is 1. The smallest absolute Gasteiger partial charge is 0.240 e. The fourth-order valence-corrected chi connectivity index (χ4v) is 3.69. The molecule has 0 aromatic heterocycles. The lowest BCUT2D eigenvalue weighted by molar-refractivity contribution is -0.143. The first-order chi connectivity index (χ1) is 9.13. The highest BCUT2D eigenvalue weighted by Gasteiger charge is 2.56. The lowest BCUT2D eigenvalue weighted by Gasteiger charge is -2.38. The summed E-state index contributed by atoms with van der Waals surface area (Å²) in [6.07, 6.45) is 6.12. The number of fused-ring (bicyclic) bond motifs is 1. The molecular formula is C14H18N2O3. The second kappa shape index (κ2) is 4.47. The number of imide groups is 1. The second-order valence-corrected chi connectivity index (χ2v) is 5.56. The van der Waals surface area contributed by atoms with Crippen LogP contribution in [0.3, 0.4) is 0 Å². The van der Waals surface area contributed by atoms with Gasteiger partial charge in [0.1, 0.15) is 6.54 Å². The minimum atomic E-state index is -0.261. The summed E-state index contributed by atoms with van der Waals surface area (Å²) >= 11 is 0. The first kappa shape index (κ1) is 12.4. The Hall–Kier alpha value is -1.65. The van der Waals surface area contributed by atoms with Gasteiger partial charge in [0.2, 0.25) is 17.7 Å². The van der Waals surface area contributed by atoms with Gasteiger partial charge in [0, 0.05) is 6.54 Å². The molecule has 3 aliphatic carbocycles. The molecule has 3 amide bonds. The van der Waals surface area contributed by atoms with Crippen molar-refractivity contribution in [2.45, 2.75) is 19.8 Å². The lowest BCUT2D eigenvalue weighted by atomic mass is 9.63. The molecule has 4 atom stereocenters. The molecule has 2 bridgehead atoms. The highest BCUT2D eigenvalue weighted by molar-refractivity contribution is 6.08. The van der Waals surface area contributed by atoms with Gasteiger partial charge < -0.3 is 5.32 Å². The van der Waals surface area contributed by atoms with Crippen LogP contribution in [0.4, 0.5) is 0 Å². The Labute approximate surface area is 112 Å². The van der Waals surface area contributed by atoms with Crippen molar-refractivity contribution in [1.29, 1.82) is 0 Å². The summed E-state index contributed by atoms with van der Waals surface area (Å²) < 4.78 is 0. The Balaban J connectivity index is 1.81. The largest absolute Gasteiger partial charge is 0.355 e. The first-order valence-corrected chi connectivity index (χ1v) is 6.93. The fraction of sp³-hybridized carbons (Fsp3) is 0.643. The zero-order valence-electron chi connectivity index (χ0n) is 11.0. The molecule has 2 fully saturated rings. The second-order valence-electron chi connectivity index (χ2n) is 5.56. The van der Waals surface area contributed by atoms with Gasteiger partial charge in [-0.3, -0.25) is 19.3 Å². The molecule has 0 radical (unpaired) electrons. The highest BCUT2D eigenvalue weighted by Crippen LogP contribution is 2.49. The van der Waals surface area contributed by atoms with Crippen LogP contribution < -0.4 is 5.32 Å². The van der Waals surface area contributed by atoms with Crippen molar-refractivity contribution >= 4 is 17.7 Å². The number of amides is 3. The molecule has 102 valence electrons. The molecule has 5 nitrogen and oxygen atoms in total. The average Bonchev–Trinajstić information content (AvgIpc) is 2.68. The molecule has 4 aliphatic rings. The van der Waals surface area contributed by atoms with E-state index in [1.54, 1.807) is 0 Å². The van der Waals surface area contributed by atoms with Crippen LogP contribution >= 0.6 is 0 Å². The molecule has 5 heteroatoms. The van der Waals surface area contributed by atoms with Crippen LogP contribution in [0.15, 0.2) is 12.2 Å². The van der Waals surface area contributed by atoms with Gasteiger partial charge in [0.25, 0.3) is 0 Å². The number of likely N-dealkylation sites (tertiary alicyclic amines) is 1. The topological polar surface area (TPSA) is 66.5 Å². The Kier molecular flexibility index (Phi) is 2.92. The maximum absolute atomic E-state index is 12.4. The number of likely N-dealkylation sites (N-methyl/N-ethyl adjacent to an activating group) is 1. The molecule has 1 saturated carbocycles. The Bertz CT molecular complexity index is 439. The van der Waals surface area contributed by atoms with Crippen molar-refractivity contribution in [2.24, 2.45) is 23.7 Å². The standard InChI is InChI=1S/C14H18N2O3/c1-2-15-10(17)7-16-13(18)11-8-3-4-9(6-5-8)12(11)14(16)19/h3-4,8-9,11-12H,2,5-7H2,1H3,(H,15,17)/t8-,9-,11+,12+/m0/s1. The van der Waals surface area contributed by atoms with Gasteiger partial charge in [-0.25, -0.2) is 0 Å². The zero-order chi connectivity index (χ0) is 13.6. The van der Waals surface area contributed by atoms with E-state index in [2.05, 4.69) is 17.5 Å². The summed E-state index contributed by atoms with van der Waals surface area (Å²) in [5.41, 5.74) is 0. The molecule has 1 saturated heterocycles. The average molecular weight is 262 g/mol. The summed E-state index contributed by atoms with van der Waals surface area (Å²) in [5, 5.41) is 2.63. The minimum absolute atomic E-state index is 0.127. The molecule has 19 heavy (non-hydrogen) atoms. The number of nitrogens with one attached hydrogen (secondary N) is 1.